The van der Waals surface area contributed by atoms with Gasteiger partial charge in [0, 0.05) is 54.1 Å². The van der Waals surface area contributed by atoms with Gasteiger partial charge in [0.15, 0.2) is 11.5 Å². The number of anilines is 1. The van der Waals surface area contributed by atoms with E-state index in [1.165, 1.54) is 0 Å². The third-order valence-corrected chi connectivity index (χ3v) is 7.33. The van der Waals surface area contributed by atoms with Crippen molar-refractivity contribution in [3.63, 3.8) is 0 Å². The number of nitrogens with zero attached hydrogens (tertiary/aromatic N) is 4. The van der Waals surface area contributed by atoms with Gasteiger partial charge in [-0.25, -0.2) is 9.97 Å². The highest BCUT2D eigenvalue weighted by Gasteiger charge is 2.25. The molecule has 1 amide bonds. The molecule has 38 heavy (non-hydrogen) atoms. The molecule has 0 bridgehead atoms. The largest absolute Gasteiger partial charge is 0.493 e. The summed E-state index contributed by atoms with van der Waals surface area (Å²) in [5.74, 6) is 1.93. The minimum absolute atomic E-state index is 0.0289. The predicted octanol–water partition coefficient (Wildman–Crippen LogP) is 4.82. The van der Waals surface area contributed by atoms with E-state index in [9.17, 15) is 4.79 Å². The van der Waals surface area contributed by atoms with Crippen LogP contribution in [0.4, 0.5) is 5.95 Å². The normalized spacial score (nSPS) is 14.4. The standard InChI is InChI=1S/C29H30BrN5O3/c1-37-25-11-8-20(16-26(25)38-2)23(31)18-27(36)34-12-14-35(15-13-34)29-32-24-10-9-21(30)17-22(24)28(33-29)19-6-4-3-5-7-19/h3-11,16-17,23H,12-15,18,31H2,1-2H3/t23-/m0/s1. The molecule has 0 radical (unpaired) electrons. The monoisotopic (exact) mass is 575 g/mol. The molecule has 1 atom stereocenters. The maximum absolute atomic E-state index is 13.1. The van der Waals surface area contributed by atoms with Gasteiger partial charge in [-0.2, -0.15) is 0 Å². The second kappa shape index (κ2) is 11.4. The Morgan fingerprint density at radius 2 is 1.68 bits per heavy atom. The van der Waals surface area contributed by atoms with Gasteiger partial charge in [-0.15, -0.1) is 0 Å². The number of nitrogens with two attached hydrogens (primary N) is 1. The lowest BCUT2D eigenvalue weighted by Gasteiger charge is -2.35. The first-order chi connectivity index (χ1) is 18.5. The minimum Gasteiger partial charge on any atom is -0.493 e. The van der Waals surface area contributed by atoms with Gasteiger partial charge in [-0.3, -0.25) is 4.79 Å². The molecule has 1 fully saturated rings. The Bertz CT molecular complexity index is 1440. The van der Waals surface area contributed by atoms with Crippen molar-refractivity contribution in [2.75, 3.05) is 45.3 Å². The number of carbonyl (C=O) groups is 1. The van der Waals surface area contributed by atoms with Crippen LogP contribution in [0.15, 0.2) is 71.2 Å². The van der Waals surface area contributed by atoms with Gasteiger partial charge in [0.2, 0.25) is 11.9 Å². The molecule has 8 nitrogen and oxygen atoms in total. The van der Waals surface area contributed by atoms with Crippen LogP contribution in [-0.2, 0) is 4.79 Å². The third kappa shape index (κ3) is 5.44. The Morgan fingerprint density at radius 1 is 0.947 bits per heavy atom. The Morgan fingerprint density at radius 3 is 2.39 bits per heavy atom. The van der Waals surface area contributed by atoms with E-state index >= 15 is 0 Å². The maximum Gasteiger partial charge on any atom is 0.226 e. The summed E-state index contributed by atoms with van der Waals surface area (Å²) in [6.45, 7) is 2.46. The van der Waals surface area contributed by atoms with Gasteiger partial charge in [0.05, 0.1) is 25.4 Å². The van der Waals surface area contributed by atoms with Crippen LogP contribution in [-0.4, -0.2) is 61.2 Å². The van der Waals surface area contributed by atoms with E-state index in [0.29, 0.717) is 43.6 Å². The molecule has 1 aromatic heterocycles. The van der Waals surface area contributed by atoms with Crippen molar-refractivity contribution in [2.45, 2.75) is 12.5 Å². The fourth-order valence-electron chi connectivity index (χ4n) is 4.72. The number of rotatable bonds is 7. The van der Waals surface area contributed by atoms with Crippen molar-refractivity contribution >= 4 is 38.7 Å². The summed E-state index contributed by atoms with van der Waals surface area (Å²) < 4.78 is 11.7. The predicted molar refractivity (Wildman–Crippen MR) is 153 cm³/mol. The summed E-state index contributed by atoms with van der Waals surface area (Å²) in [5.41, 5.74) is 10.0. The van der Waals surface area contributed by atoms with Crippen LogP contribution < -0.4 is 20.1 Å². The van der Waals surface area contributed by atoms with Crippen LogP contribution in [0.3, 0.4) is 0 Å². The zero-order chi connectivity index (χ0) is 26.6. The van der Waals surface area contributed by atoms with Crippen molar-refractivity contribution in [1.29, 1.82) is 0 Å². The summed E-state index contributed by atoms with van der Waals surface area (Å²) >= 11 is 3.58. The molecule has 0 unspecified atom stereocenters. The molecular weight excluding hydrogens is 546 g/mol. The van der Waals surface area contributed by atoms with E-state index in [0.717, 1.165) is 32.2 Å². The molecular formula is C29H30BrN5O3. The van der Waals surface area contributed by atoms with Gasteiger partial charge >= 0.3 is 0 Å². The van der Waals surface area contributed by atoms with Crippen molar-refractivity contribution in [2.24, 2.45) is 5.73 Å². The van der Waals surface area contributed by atoms with Crippen LogP contribution in [0.25, 0.3) is 22.2 Å². The Kier molecular flexibility index (Phi) is 7.76. The van der Waals surface area contributed by atoms with E-state index in [1.54, 1.807) is 14.2 Å². The molecule has 2 heterocycles. The summed E-state index contributed by atoms with van der Waals surface area (Å²) in [6, 6.07) is 21.3. The zero-order valence-corrected chi connectivity index (χ0v) is 23.0. The fraction of sp³-hybridized carbons (Fsp3) is 0.276. The van der Waals surface area contributed by atoms with Gasteiger partial charge in [0.1, 0.15) is 0 Å². The van der Waals surface area contributed by atoms with Gasteiger partial charge in [0.25, 0.3) is 0 Å². The maximum atomic E-state index is 13.1. The van der Waals surface area contributed by atoms with Crippen molar-refractivity contribution in [1.82, 2.24) is 14.9 Å². The number of hydrogen-bond donors (Lipinski definition) is 1. The Labute approximate surface area is 230 Å². The highest BCUT2D eigenvalue weighted by atomic mass is 79.9. The number of hydrogen-bond acceptors (Lipinski definition) is 7. The van der Waals surface area contributed by atoms with Crippen LogP contribution in [0, 0.1) is 0 Å². The minimum atomic E-state index is -0.433. The van der Waals surface area contributed by atoms with Crippen LogP contribution in [0.5, 0.6) is 11.5 Å². The van der Waals surface area contributed by atoms with E-state index in [-0.39, 0.29) is 12.3 Å². The second-order valence-electron chi connectivity index (χ2n) is 9.19. The molecule has 1 aliphatic rings. The quantitative estimate of drug-likeness (QED) is 0.337. The average molecular weight is 576 g/mol. The van der Waals surface area contributed by atoms with Gasteiger partial charge in [-0.05, 0) is 35.9 Å². The number of carbonyl (C=O) groups excluding carboxylic acids is 1. The number of halogens is 1. The first kappa shape index (κ1) is 25.9. The number of aromatic nitrogens is 2. The lowest BCUT2D eigenvalue weighted by atomic mass is 10.0. The second-order valence-corrected chi connectivity index (χ2v) is 10.1. The summed E-state index contributed by atoms with van der Waals surface area (Å²) in [4.78, 5) is 26.9. The van der Waals surface area contributed by atoms with Crippen molar-refractivity contribution in [3.05, 3.63) is 76.8 Å². The highest BCUT2D eigenvalue weighted by molar-refractivity contribution is 9.10. The fourth-order valence-corrected chi connectivity index (χ4v) is 5.08. The first-order valence-corrected chi connectivity index (χ1v) is 13.3. The number of methoxy groups -OCH3 is 2. The molecule has 1 saturated heterocycles. The van der Waals surface area contributed by atoms with E-state index < -0.39 is 6.04 Å². The molecule has 9 heteroatoms. The molecule has 3 aromatic carbocycles. The molecule has 5 rings (SSSR count). The smallest absolute Gasteiger partial charge is 0.226 e. The number of fused-ring (bicyclic) bond motifs is 1. The van der Waals surface area contributed by atoms with Crippen LogP contribution >= 0.6 is 15.9 Å². The molecule has 196 valence electrons. The van der Waals surface area contributed by atoms with Crippen molar-refractivity contribution < 1.29 is 14.3 Å². The van der Waals surface area contributed by atoms with Crippen molar-refractivity contribution in [3.8, 4) is 22.8 Å². The first-order valence-electron chi connectivity index (χ1n) is 12.5. The number of ether oxygens (including phenoxy) is 2. The molecule has 1 aliphatic heterocycles. The number of amides is 1. The molecule has 0 saturated carbocycles. The molecule has 0 aliphatic carbocycles. The number of piperazine rings is 1. The van der Waals surface area contributed by atoms with Gasteiger partial charge < -0.3 is 25.0 Å². The van der Waals surface area contributed by atoms with Crippen LogP contribution in [0.1, 0.15) is 18.0 Å². The Balaban J connectivity index is 1.29. The van der Waals surface area contributed by atoms with E-state index in [4.69, 9.17) is 25.2 Å². The average Bonchev–Trinajstić information content (AvgIpc) is 2.96. The highest BCUT2D eigenvalue weighted by Crippen LogP contribution is 2.32. The summed E-state index contributed by atoms with van der Waals surface area (Å²) in [5, 5.41) is 0.993. The number of benzene rings is 3. The lowest BCUT2D eigenvalue weighted by molar-refractivity contribution is -0.131. The topological polar surface area (TPSA) is 93.8 Å². The zero-order valence-electron chi connectivity index (χ0n) is 21.4. The van der Waals surface area contributed by atoms with E-state index in [1.807, 2.05) is 53.4 Å². The molecule has 0 spiro atoms. The molecule has 2 N–H and O–H groups in total. The lowest BCUT2D eigenvalue weighted by Crippen LogP contribution is -2.49. The SMILES string of the molecule is COc1ccc([C@@H](N)CC(=O)N2CCN(c3nc(-c4ccccc4)c4cc(Br)ccc4n3)CC2)cc1OC. The summed E-state index contributed by atoms with van der Waals surface area (Å²) in [6.07, 6.45) is 0.217. The molecule has 4 aromatic rings. The summed E-state index contributed by atoms with van der Waals surface area (Å²) in [7, 11) is 3.17. The van der Waals surface area contributed by atoms with Gasteiger partial charge in [-0.1, -0.05) is 52.3 Å². The Hall–Kier alpha value is -3.69. The third-order valence-electron chi connectivity index (χ3n) is 6.84. The van der Waals surface area contributed by atoms with Crippen LogP contribution in [0.2, 0.25) is 0 Å². The van der Waals surface area contributed by atoms with E-state index in [2.05, 4.69) is 39.0 Å².